The molecule has 0 saturated heterocycles. The molecule has 0 spiro atoms. The van der Waals surface area contributed by atoms with Gasteiger partial charge in [0.25, 0.3) is 0 Å². The quantitative estimate of drug-likeness (QED) is 0.577. The zero-order chi connectivity index (χ0) is 16.9. The van der Waals surface area contributed by atoms with Crippen molar-refractivity contribution in [1.82, 2.24) is 0 Å². The van der Waals surface area contributed by atoms with E-state index in [0.717, 1.165) is 28.5 Å². The lowest BCUT2D eigenvalue weighted by molar-refractivity contribution is 0.379. The van der Waals surface area contributed by atoms with Crippen LogP contribution in [0.2, 0.25) is 12.6 Å². The molecule has 0 fully saturated rings. The van der Waals surface area contributed by atoms with Gasteiger partial charge in [0.05, 0.1) is 21.3 Å². The Morgan fingerprint density at radius 2 is 1.52 bits per heavy atom. The second-order valence-electron chi connectivity index (χ2n) is 5.60. The number of allylic oxidation sites excluding steroid dienone is 1. The van der Waals surface area contributed by atoms with Gasteiger partial charge in [0.2, 0.25) is 0 Å². The second-order valence-corrected chi connectivity index (χ2v) is 9.75. The SMILES string of the molecule is C=CC[Si@@](C)(c1ccccc1)c1c(OC)cc(OC)cc1OC. The molecular formula is C19H24O3Si. The first kappa shape index (κ1) is 17.2. The average Bonchev–Trinajstić information content (AvgIpc) is 2.61. The molecule has 0 saturated carbocycles. The van der Waals surface area contributed by atoms with Crippen LogP contribution >= 0.6 is 0 Å². The molecule has 2 aromatic carbocycles. The summed E-state index contributed by atoms with van der Waals surface area (Å²) in [4.78, 5) is 0. The maximum absolute atomic E-state index is 5.68. The first-order valence-electron chi connectivity index (χ1n) is 7.57. The summed E-state index contributed by atoms with van der Waals surface area (Å²) in [5.74, 6) is 2.34. The summed E-state index contributed by atoms with van der Waals surface area (Å²) >= 11 is 0. The second kappa shape index (κ2) is 7.37. The van der Waals surface area contributed by atoms with Crippen LogP contribution in [0.5, 0.6) is 17.2 Å². The third-order valence-electron chi connectivity index (χ3n) is 4.23. The van der Waals surface area contributed by atoms with Crippen molar-refractivity contribution in [3.05, 3.63) is 55.1 Å². The molecule has 0 aromatic heterocycles. The minimum Gasteiger partial charge on any atom is -0.497 e. The van der Waals surface area contributed by atoms with Crippen molar-refractivity contribution in [3.8, 4) is 17.2 Å². The van der Waals surface area contributed by atoms with E-state index in [1.165, 1.54) is 5.19 Å². The fraction of sp³-hybridized carbons (Fsp3) is 0.263. The molecule has 0 aliphatic carbocycles. The van der Waals surface area contributed by atoms with Gasteiger partial charge in [-0.15, -0.1) is 6.58 Å². The number of methoxy groups -OCH3 is 3. The van der Waals surface area contributed by atoms with Gasteiger partial charge in [-0.2, -0.15) is 0 Å². The molecule has 3 nitrogen and oxygen atoms in total. The fourth-order valence-electron chi connectivity index (χ4n) is 3.01. The van der Waals surface area contributed by atoms with Crippen LogP contribution in [0.15, 0.2) is 55.1 Å². The van der Waals surface area contributed by atoms with Gasteiger partial charge < -0.3 is 14.2 Å². The Morgan fingerprint density at radius 1 is 0.957 bits per heavy atom. The Kier molecular flexibility index (Phi) is 5.50. The highest BCUT2D eigenvalue weighted by molar-refractivity contribution is 7.02. The summed E-state index contributed by atoms with van der Waals surface area (Å²) in [6.45, 7) is 6.29. The van der Waals surface area contributed by atoms with E-state index in [1.807, 2.05) is 24.3 Å². The van der Waals surface area contributed by atoms with E-state index >= 15 is 0 Å². The van der Waals surface area contributed by atoms with Gasteiger partial charge in [-0.05, 0) is 6.04 Å². The fourth-order valence-corrected chi connectivity index (χ4v) is 6.68. The van der Waals surface area contributed by atoms with E-state index in [-0.39, 0.29) is 0 Å². The Morgan fingerprint density at radius 3 is 1.96 bits per heavy atom. The monoisotopic (exact) mass is 328 g/mol. The predicted molar refractivity (Wildman–Crippen MR) is 98.4 cm³/mol. The predicted octanol–water partition coefficient (Wildman–Crippen LogP) is 3.09. The topological polar surface area (TPSA) is 27.7 Å². The van der Waals surface area contributed by atoms with E-state index in [1.54, 1.807) is 21.3 Å². The highest BCUT2D eigenvalue weighted by Gasteiger charge is 2.36. The van der Waals surface area contributed by atoms with Crippen molar-refractivity contribution in [1.29, 1.82) is 0 Å². The summed E-state index contributed by atoms with van der Waals surface area (Å²) in [6.07, 6.45) is 1.99. The Hall–Kier alpha value is -2.20. The molecule has 1 atom stereocenters. The smallest absolute Gasteiger partial charge is 0.128 e. The molecule has 2 aromatic rings. The van der Waals surface area contributed by atoms with Gasteiger partial charge in [-0.1, -0.05) is 48.1 Å². The average molecular weight is 328 g/mol. The number of hydrogen-bond acceptors (Lipinski definition) is 3. The van der Waals surface area contributed by atoms with E-state index in [9.17, 15) is 0 Å². The maximum Gasteiger partial charge on any atom is 0.128 e. The van der Waals surface area contributed by atoms with Crippen molar-refractivity contribution in [2.24, 2.45) is 0 Å². The molecule has 0 unspecified atom stereocenters. The standard InChI is InChI=1S/C19H24O3Si/c1-6-12-23(5,16-10-8-7-9-11-16)19-17(21-3)13-15(20-2)14-18(19)22-4/h6-11,13-14H,1,12H2,2-5H3/t23-/m0/s1. The lowest BCUT2D eigenvalue weighted by atomic mass is 10.3. The van der Waals surface area contributed by atoms with Crippen LogP contribution in [-0.2, 0) is 0 Å². The third-order valence-corrected chi connectivity index (χ3v) is 8.54. The van der Waals surface area contributed by atoms with Gasteiger partial charge in [0, 0.05) is 17.3 Å². The largest absolute Gasteiger partial charge is 0.497 e. The Labute approximate surface area is 139 Å². The molecule has 0 heterocycles. The zero-order valence-corrected chi connectivity index (χ0v) is 15.3. The van der Waals surface area contributed by atoms with E-state index in [4.69, 9.17) is 14.2 Å². The summed E-state index contributed by atoms with van der Waals surface area (Å²) in [5.41, 5.74) is 0. The van der Waals surface area contributed by atoms with Crippen molar-refractivity contribution >= 4 is 18.4 Å². The van der Waals surface area contributed by atoms with Gasteiger partial charge in [-0.3, -0.25) is 0 Å². The van der Waals surface area contributed by atoms with Crippen LogP contribution in [0.4, 0.5) is 0 Å². The van der Waals surface area contributed by atoms with E-state index < -0.39 is 8.07 Å². The van der Waals surface area contributed by atoms with Gasteiger partial charge in [0.1, 0.15) is 25.3 Å². The van der Waals surface area contributed by atoms with Crippen LogP contribution in [0, 0.1) is 0 Å². The lowest BCUT2D eigenvalue weighted by Gasteiger charge is -2.31. The normalized spacial score (nSPS) is 13.0. The first-order valence-corrected chi connectivity index (χ1v) is 10.3. The molecule has 23 heavy (non-hydrogen) atoms. The zero-order valence-electron chi connectivity index (χ0n) is 14.3. The summed E-state index contributed by atoms with van der Waals surface area (Å²) < 4.78 is 16.7. The first-order chi connectivity index (χ1) is 11.1. The van der Waals surface area contributed by atoms with Crippen LogP contribution in [0.1, 0.15) is 0 Å². The van der Waals surface area contributed by atoms with Gasteiger partial charge in [-0.25, -0.2) is 0 Å². The van der Waals surface area contributed by atoms with Crippen molar-refractivity contribution in [2.45, 2.75) is 12.6 Å². The van der Waals surface area contributed by atoms with Crippen molar-refractivity contribution in [3.63, 3.8) is 0 Å². The summed E-state index contributed by atoms with van der Waals surface area (Å²) in [6, 6.07) is 15.3. The molecule has 0 radical (unpaired) electrons. The summed E-state index contributed by atoms with van der Waals surface area (Å²) in [7, 11) is 2.92. The molecule has 122 valence electrons. The van der Waals surface area contributed by atoms with Crippen LogP contribution < -0.4 is 24.6 Å². The van der Waals surface area contributed by atoms with E-state index in [0.29, 0.717) is 0 Å². The number of benzene rings is 2. The van der Waals surface area contributed by atoms with Gasteiger partial charge >= 0.3 is 0 Å². The molecule has 0 N–H and O–H groups in total. The highest BCUT2D eigenvalue weighted by atomic mass is 28.3. The van der Waals surface area contributed by atoms with Crippen molar-refractivity contribution < 1.29 is 14.2 Å². The number of hydrogen-bond donors (Lipinski definition) is 0. The molecule has 2 rings (SSSR count). The molecule has 0 aliphatic rings. The van der Waals surface area contributed by atoms with Crippen LogP contribution in [0.25, 0.3) is 0 Å². The molecule has 0 bridgehead atoms. The van der Waals surface area contributed by atoms with Crippen LogP contribution in [-0.4, -0.2) is 29.4 Å². The number of rotatable bonds is 7. The van der Waals surface area contributed by atoms with Crippen molar-refractivity contribution in [2.75, 3.05) is 21.3 Å². The third kappa shape index (κ3) is 3.27. The summed E-state index contributed by atoms with van der Waals surface area (Å²) in [5, 5.41) is 2.45. The Balaban J connectivity index is 2.75. The van der Waals surface area contributed by atoms with Crippen LogP contribution in [0.3, 0.4) is 0 Å². The lowest BCUT2D eigenvalue weighted by Crippen LogP contribution is -2.56. The maximum atomic E-state index is 5.68. The minimum atomic E-state index is -2.09. The van der Waals surface area contributed by atoms with E-state index in [2.05, 4.69) is 37.4 Å². The Bertz CT molecular complexity index is 645. The number of ether oxygens (including phenoxy) is 3. The highest BCUT2D eigenvalue weighted by Crippen LogP contribution is 2.30. The molecule has 4 heteroatoms. The molecule has 0 amide bonds. The molecular weight excluding hydrogens is 304 g/mol. The molecule has 0 aliphatic heterocycles. The minimum absolute atomic E-state index is 0.727. The van der Waals surface area contributed by atoms with Gasteiger partial charge in [0.15, 0.2) is 0 Å².